The zero-order valence-electron chi connectivity index (χ0n) is 17.9. The van der Waals surface area contributed by atoms with Gasteiger partial charge in [0.05, 0.1) is 6.04 Å². The smallest absolute Gasteiger partial charge is 0.251 e. The van der Waals surface area contributed by atoms with Gasteiger partial charge < -0.3 is 15.1 Å². The van der Waals surface area contributed by atoms with E-state index in [0.29, 0.717) is 12.0 Å². The van der Waals surface area contributed by atoms with Crippen molar-refractivity contribution in [2.45, 2.75) is 45.6 Å². The summed E-state index contributed by atoms with van der Waals surface area (Å²) in [5.74, 6) is 0.875. The lowest BCUT2D eigenvalue weighted by atomic mass is 9.98. The zero-order valence-corrected chi connectivity index (χ0v) is 17.9. The number of piperidine rings is 1. The van der Waals surface area contributed by atoms with Crippen molar-refractivity contribution in [3.63, 3.8) is 0 Å². The van der Waals surface area contributed by atoms with Gasteiger partial charge >= 0.3 is 0 Å². The summed E-state index contributed by atoms with van der Waals surface area (Å²) in [7, 11) is 0. The number of carbonyl (C=O) groups excluding carboxylic acids is 2. The predicted molar refractivity (Wildman–Crippen MR) is 121 cm³/mol. The third kappa shape index (κ3) is 4.50. The highest BCUT2D eigenvalue weighted by Crippen LogP contribution is 2.25. The summed E-state index contributed by atoms with van der Waals surface area (Å²) in [4.78, 5) is 28.8. The average molecular weight is 406 g/mol. The van der Waals surface area contributed by atoms with Gasteiger partial charge in [0, 0.05) is 43.0 Å². The van der Waals surface area contributed by atoms with E-state index >= 15 is 0 Å². The third-order valence-corrected chi connectivity index (χ3v) is 6.40. The summed E-state index contributed by atoms with van der Waals surface area (Å²) < 4.78 is 0. The van der Waals surface area contributed by atoms with E-state index in [1.165, 1.54) is 18.5 Å². The first kappa shape index (κ1) is 20.5. The number of hydrogen-bond acceptors (Lipinski definition) is 3. The molecule has 5 heteroatoms. The molecular weight excluding hydrogens is 374 g/mol. The van der Waals surface area contributed by atoms with E-state index < -0.39 is 0 Å². The zero-order chi connectivity index (χ0) is 21.1. The molecule has 30 heavy (non-hydrogen) atoms. The van der Waals surface area contributed by atoms with Crippen LogP contribution in [0, 0.1) is 5.92 Å². The molecule has 2 amide bonds. The molecule has 5 nitrogen and oxygen atoms in total. The number of rotatable bonds is 5. The molecule has 0 aliphatic carbocycles. The summed E-state index contributed by atoms with van der Waals surface area (Å²) >= 11 is 0. The Kier molecular flexibility index (Phi) is 6.07. The lowest BCUT2D eigenvalue weighted by molar-refractivity contribution is -0.117. The molecule has 0 bridgehead atoms. The number of hydrogen-bond donors (Lipinski definition) is 1. The summed E-state index contributed by atoms with van der Waals surface area (Å²) in [6.45, 7) is 7.32. The van der Waals surface area contributed by atoms with Crippen LogP contribution in [0.2, 0.25) is 0 Å². The Bertz CT molecular complexity index is 884. The van der Waals surface area contributed by atoms with Gasteiger partial charge in [0.1, 0.15) is 0 Å². The third-order valence-electron chi connectivity index (χ3n) is 6.40. The number of carbonyl (C=O) groups is 2. The maximum Gasteiger partial charge on any atom is 0.251 e. The molecule has 0 spiro atoms. The minimum atomic E-state index is -0.101. The van der Waals surface area contributed by atoms with Crippen LogP contribution in [0.4, 0.5) is 11.4 Å². The average Bonchev–Trinajstić information content (AvgIpc) is 3.20. The summed E-state index contributed by atoms with van der Waals surface area (Å²) in [5, 5.41) is 3.08. The van der Waals surface area contributed by atoms with Crippen molar-refractivity contribution in [3.05, 3.63) is 59.7 Å². The Morgan fingerprint density at radius 2 is 1.60 bits per heavy atom. The van der Waals surface area contributed by atoms with Gasteiger partial charge in [-0.2, -0.15) is 0 Å². The second-order valence-electron chi connectivity index (χ2n) is 8.65. The van der Waals surface area contributed by atoms with E-state index in [1.807, 2.05) is 19.1 Å². The molecule has 0 aromatic heterocycles. The molecule has 4 rings (SSSR count). The van der Waals surface area contributed by atoms with E-state index in [9.17, 15) is 9.59 Å². The Hall–Kier alpha value is -2.82. The van der Waals surface area contributed by atoms with E-state index in [0.717, 1.165) is 43.2 Å². The van der Waals surface area contributed by atoms with Crippen LogP contribution in [-0.4, -0.2) is 31.4 Å². The molecule has 2 heterocycles. The molecule has 0 unspecified atom stereocenters. The van der Waals surface area contributed by atoms with Gasteiger partial charge in [-0.3, -0.25) is 9.59 Å². The molecule has 0 saturated carbocycles. The predicted octanol–water partition coefficient (Wildman–Crippen LogP) is 4.54. The fourth-order valence-corrected chi connectivity index (χ4v) is 4.32. The van der Waals surface area contributed by atoms with Gasteiger partial charge in [-0.15, -0.1) is 0 Å². The SMILES string of the molecule is CC1CCN(c2ccc([C@@H](C)NC(=O)c3ccc(N4CCCC4=O)cc3)cc2)CC1. The number of benzene rings is 2. The molecule has 2 aliphatic heterocycles. The van der Waals surface area contributed by atoms with E-state index in [-0.39, 0.29) is 17.9 Å². The molecule has 2 aromatic rings. The van der Waals surface area contributed by atoms with Crippen molar-refractivity contribution in [2.75, 3.05) is 29.4 Å². The molecule has 2 aromatic carbocycles. The first-order valence-corrected chi connectivity index (χ1v) is 11.1. The van der Waals surface area contributed by atoms with Crippen molar-refractivity contribution < 1.29 is 9.59 Å². The minimum absolute atomic E-state index is 0.0761. The monoisotopic (exact) mass is 405 g/mol. The van der Waals surface area contributed by atoms with Crippen LogP contribution in [0.1, 0.15) is 61.5 Å². The number of nitrogens with one attached hydrogen (secondary N) is 1. The molecule has 2 aliphatic rings. The number of anilines is 2. The highest BCUT2D eigenvalue weighted by atomic mass is 16.2. The Labute approximate surface area is 179 Å². The van der Waals surface area contributed by atoms with Gasteiger partial charge in [0.2, 0.25) is 5.91 Å². The van der Waals surface area contributed by atoms with Crippen LogP contribution >= 0.6 is 0 Å². The normalized spacial score (nSPS) is 18.5. The topological polar surface area (TPSA) is 52.7 Å². The summed E-state index contributed by atoms with van der Waals surface area (Å²) in [6, 6.07) is 15.8. The van der Waals surface area contributed by atoms with Crippen molar-refractivity contribution in [3.8, 4) is 0 Å². The van der Waals surface area contributed by atoms with E-state index in [4.69, 9.17) is 0 Å². The molecule has 2 saturated heterocycles. The summed E-state index contributed by atoms with van der Waals surface area (Å²) in [5.41, 5.74) is 3.83. The highest BCUT2D eigenvalue weighted by Gasteiger charge is 2.22. The number of nitrogens with zero attached hydrogens (tertiary/aromatic N) is 2. The largest absolute Gasteiger partial charge is 0.372 e. The lowest BCUT2D eigenvalue weighted by Crippen LogP contribution is -2.32. The van der Waals surface area contributed by atoms with Gasteiger partial charge in [0.15, 0.2) is 0 Å². The summed E-state index contributed by atoms with van der Waals surface area (Å²) in [6.07, 6.45) is 4.00. The van der Waals surface area contributed by atoms with E-state index in [1.54, 1.807) is 17.0 Å². The quantitative estimate of drug-likeness (QED) is 0.795. The van der Waals surface area contributed by atoms with Crippen LogP contribution in [0.15, 0.2) is 48.5 Å². The Morgan fingerprint density at radius 1 is 0.967 bits per heavy atom. The maximum atomic E-state index is 12.7. The molecule has 2 fully saturated rings. The molecule has 0 radical (unpaired) electrons. The van der Waals surface area contributed by atoms with Crippen LogP contribution in [-0.2, 0) is 4.79 Å². The van der Waals surface area contributed by atoms with Gasteiger partial charge in [0.25, 0.3) is 5.91 Å². The standard InChI is InChI=1S/C25H31N3O2/c1-18-13-16-27(17-14-18)22-9-5-20(6-10-22)19(2)26-25(30)21-7-11-23(12-8-21)28-15-3-4-24(28)29/h5-12,18-19H,3-4,13-17H2,1-2H3,(H,26,30)/t19-/m1/s1. The first-order valence-electron chi connectivity index (χ1n) is 11.1. The molecule has 158 valence electrons. The fraction of sp³-hybridized carbons (Fsp3) is 0.440. The Morgan fingerprint density at radius 3 is 2.20 bits per heavy atom. The minimum Gasteiger partial charge on any atom is -0.372 e. The van der Waals surface area contributed by atoms with Gasteiger partial charge in [-0.05, 0) is 74.1 Å². The van der Waals surface area contributed by atoms with Crippen molar-refractivity contribution in [1.29, 1.82) is 0 Å². The van der Waals surface area contributed by atoms with Crippen LogP contribution < -0.4 is 15.1 Å². The second-order valence-corrected chi connectivity index (χ2v) is 8.65. The molecule has 1 N–H and O–H groups in total. The molecule has 1 atom stereocenters. The van der Waals surface area contributed by atoms with Crippen LogP contribution in [0.5, 0.6) is 0 Å². The maximum absolute atomic E-state index is 12.7. The Balaban J connectivity index is 1.35. The highest BCUT2D eigenvalue weighted by molar-refractivity contribution is 5.97. The fourth-order valence-electron chi connectivity index (χ4n) is 4.32. The molecular formula is C25H31N3O2. The van der Waals surface area contributed by atoms with Crippen molar-refractivity contribution in [1.82, 2.24) is 5.32 Å². The first-order chi connectivity index (χ1) is 14.5. The number of amides is 2. The second kappa shape index (κ2) is 8.90. The van der Waals surface area contributed by atoms with Crippen LogP contribution in [0.3, 0.4) is 0 Å². The van der Waals surface area contributed by atoms with E-state index in [2.05, 4.69) is 41.4 Å². The van der Waals surface area contributed by atoms with Gasteiger partial charge in [-0.25, -0.2) is 0 Å². The van der Waals surface area contributed by atoms with Gasteiger partial charge in [-0.1, -0.05) is 19.1 Å². The van der Waals surface area contributed by atoms with Crippen molar-refractivity contribution in [2.24, 2.45) is 5.92 Å². The van der Waals surface area contributed by atoms with Crippen molar-refractivity contribution >= 4 is 23.2 Å². The lowest BCUT2D eigenvalue weighted by Gasteiger charge is -2.32. The van der Waals surface area contributed by atoms with Crippen LogP contribution in [0.25, 0.3) is 0 Å².